The molecule has 0 aromatic heterocycles. The predicted octanol–water partition coefficient (Wildman–Crippen LogP) is 3.19. The quantitative estimate of drug-likeness (QED) is 0.433. The number of benzene rings is 1. The molecule has 2 atom stereocenters. The highest BCUT2D eigenvalue weighted by Crippen LogP contribution is 2.37. The summed E-state index contributed by atoms with van der Waals surface area (Å²) in [5, 5.41) is 0. The van der Waals surface area contributed by atoms with Crippen molar-refractivity contribution < 1.29 is 28.6 Å². The summed E-state index contributed by atoms with van der Waals surface area (Å²) in [6.07, 6.45) is 1.17. The molecule has 6 heteroatoms. The number of ether oxygens (including phenoxy) is 3. The van der Waals surface area contributed by atoms with Gasteiger partial charge in [-0.25, -0.2) is 0 Å². The maximum absolute atomic E-state index is 11.5. The first-order valence-corrected chi connectivity index (χ1v) is 7.20. The topological polar surface area (TPSA) is 78.9 Å². The summed E-state index contributed by atoms with van der Waals surface area (Å²) in [6, 6.07) is 4.92. The van der Waals surface area contributed by atoms with Crippen LogP contribution in [0.25, 0.3) is 0 Å². The van der Waals surface area contributed by atoms with E-state index in [0.29, 0.717) is 11.1 Å². The molecular formula is C18H20O6. The molecule has 0 bridgehead atoms. The standard InChI is InChI=1S/C18H20O6/c1-6-16(22-11(3)19)14-9-8-10-15(18(14)24-13(5)21)17(7-2)23-12(4)20/h6-10,16-17H,1-2H2,3-5H3. The maximum Gasteiger partial charge on any atom is 0.308 e. The van der Waals surface area contributed by atoms with Crippen LogP contribution in [0.15, 0.2) is 43.5 Å². The Kier molecular flexibility index (Phi) is 6.92. The van der Waals surface area contributed by atoms with E-state index in [2.05, 4.69) is 13.2 Å². The van der Waals surface area contributed by atoms with E-state index in [0.717, 1.165) is 0 Å². The van der Waals surface area contributed by atoms with E-state index in [-0.39, 0.29) is 5.75 Å². The highest BCUT2D eigenvalue weighted by Gasteiger charge is 2.24. The van der Waals surface area contributed by atoms with Crippen molar-refractivity contribution in [1.29, 1.82) is 0 Å². The van der Waals surface area contributed by atoms with Crippen LogP contribution in [0.4, 0.5) is 0 Å². The van der Waals surface area contributed by atoms with E-state index >= 15 is 0 Å². The zero-order valence-electron chi connectivity index (χ0n) is 13.9. The summed E-state index contributed by atoms with van der Waals surface area (Å²) in [4.78, 5) is 34.0. The van der Waals surface area contributed by atoms with Gasteiger partial charge in [0.15, 0.2) is 0 Å². The summed E-state index contributed by atoms with van der Waals surface area (Å²) in [6.45, 7) is 11.0. The first kappa shape index (κ1) is 19.2. The summed E-state index contributed by atoms with van der Waals surface area (Å²) in [7, 11) is 0. The molecular weight excluding hydrogens is 312 g/mol. The first-order chi connectivity index (χ1) is 11.3. The van der Waals surface area contributed by atoms with Crippen LogP contribution in [0.5, 0.6) is 5.75 Å². The molecule has 0 fully saturated rings. The van der Waals surface area contributed by atoms with Crippen molar-refractivity contribution in [2.24, 2.45) is 0 Å². The van der Waals surface area contributed by atoms with Gasteiger partial charge in [-0.2, -0.15) is 0 Å². The zero-order valence-corrected chi connectivity index (χ0v) is 13.9. The zero-order chi connectivity index (χ0) is 18.3. The second kappa shape index (κ2) is 8.67. The maximum atomic E-state index is 11.5. The lowest BCUT2D eigenvalue weighted by molar-refractivity contribution is -0.145. The van der Waals surface area contributed by atoms with Gasteiger partial charge in [-0.15, -0.1) is 0 Å². The highest BCUT2D eigenvalue weighted by atomic mass is 16.6. The fourth-order valence-corrected chi connectivity index (χ4v) is 2.12. The molecule has 0 N–H and O–H groups in total. The largest absolute Gasteiger partial charge is 0.453 e. The van der Waals surface area contributed by atoms with Crippen molar-refractivity contribution in [1.82, 2.24) is 0 Å². The van der Waals surface area contributed by atoms with E-state index < -0.39 is 30.1 Å². The van der Waals surface area contributed by atoms with Crippen molar-refractivity contribution >= 4 is 17.9 Å². The van der Waals surface area contributed by atoms with Gasteiger partial charge in [0.1, 0.15) is 18.0 Å². The SMILES string of the molecule is C=CC(OC(C)=O)c1cccc(C(C=C)OC(C)=O)c1OC(C)=O. The number of rotatable bonds is 7. The fraction of sp³-hybridized carbons (Fsp3) is 0.278. The Labute approximate surface area is 140 Å². The average Bonchev–Trinajstić information content (AvgIpc) is 2.50. The summed E-state index contributed by atoms with van der Waals surface area (Å²) < 4.78 is 15.6. The van der Waals surface area contributed by atoms with Crippen molar-refractivity contribution in [3.63, 3.8) is 0 Å². The fourth-order valence-electron chi connectivity index (χ4n) is 2.12. The molecule has 6 nitrogen and oxygen atoms in total. The Morgan fingerprint density at radius 3 is 1.58 bits per heavy atom. The summed E-state index contributed by atoms with van der Waals surface area (Å²) >= 11 is 0. The van der Waals surface area contributed by atoms with Crippen LogP contribution in [0.1, 0.15) is 44.1 Å². The van der Waals surface area contributed by atoms with Gasteiger partial charge >= 0.3 is 17.9 Å². The Bertz CT molecular complexity index is 615. The first-order valence-electron chi connectivity index (χ1n) is 7.20. The number of para-hydroxylation sites is 1. The van der Waals surface area contributed by atoms with Gasteiger partial charge in [0.2, 0.25) is 0 Å². The molecule has 0 saturated heterocycles. The van der Waals surface area contributed by atoms with Crippen LogP contribution in [0, 0.1) is 0 Å². The second-order valence-electron chi connectivity index (χ2n) is 4.89. The number of hydrogen-bond donors (Lipinski definition) is 0. The highest BCUT2D eigenvalue weighted by molar-refractivity contribution is 5.72. The van der Waals surface area contributed by atoms with Crippen molar-refractivity contribution in [2.45, 2.75) is 33.0 Å². The van der Waals surface area contributed by atoms with Gasteiger partial charge in [-0.3, -0.25) is 14.4 Å². The lowest BCUT2D eigenvalue weighted by Gasteiger charge is -2.22. The molecule has 0 aliphatic heterocycles. The van der Waals surface area contributed by atoms with Crippen LogP contribution in [0.2, 0.25) is 0 Å². The van der Waals surface area contributed by atoms with Gasteiger partial charge < -0.3 is 14.2 Å². The number of esters is 3. The molecule has 0 spiro atoms. The minimum atomic E-state index is -0.820. The molecule has 1 aromatic carbocycles. The Hall–Kier alpha value is -2.89. The summed E-state index contributed by atoms with van der Waals surface area (Å²) in [5.74, 6) is -1.46. The molecule has 0 radical (unpaired) electrons. The Balaban J connectivity index is 3.48. The Morgan fingerprint density at radius 2 is 1.29 bits per heavy atom. The third-order valence-electron chi connectivity index (χ3n) is 2.95. The second-order valence-corrected chi connectivity index (χ2v) is 4.89. The average molecular weight is 332 g/mol. The summed E-state index contributed by atoms with van der Waals surface area (Å²) in [5.41, 5.74) is 0.818. The van der Waals surface area contributed by atoms with E-state index in [1.807, 2.05) is 0 Å². The van der Waals surface area contributed by atoms with Crippen molar-refractivity contribution in [3.8, 4) is 5.75 Å². The van der Waals surface area contributed by atoms with E-state index in [9.17, 15) is 14.4 Å². The third-order valence-corrected chi connectivity index (χ3v) is 2.95. The smallest absolute Gasteiger partial charge is 0.308 e. The van der Waals surface area contributed by atoms with Gasteiger partial charge in [0, 0.05) is 31.9 Å². The van der Waals surface area contributed by atoms with Crippen LogP contribution in [-0.2, 0) is 23.9 Å². The molecule has 1 aromatic rings. The predicted molar refractivity (Wildman–Crippen MR) is 87.2 cm³/mol. The number of hydrogen-bond acceptors (Lipinski definition) is 6. The van der Waals surface area contributed by atoms with E-state index in [1.165, 1.54) is 32.9 Å². The number of carbonyl (C=O) groups excluding carboxylic acids is 3. The molecule has 0 saturated carbocycles. The van der Waals surface area contributed by atoms with Crippen LogP contribution in [0.3, 0.4) is 0 Å². The molecule has 0 heterocycles. The molecule has 128 valence electrons. The van der Waals surface area contributed by atoms with Crippen LogP contribution >= 0.6 is 0 Å². The normalized spacial score (nSPS) is 12.5. The minimum Gasteiger partial charge on any atom is -0.453 e. The van der Waals surface area contributed by atoms with E-state index in [4.69, 9.17) is 14.2 Å². The van der Waals surface area contributed by atoms with Gasteiger partial charge in [-0.1, -0.05) is 31.4 Å². The molecule has 2 unspecified atom stereocenters. The van der Waals surface area contributed by atoms with Gasteiger partial charge in [-0.05, 0) is 12.2 Å². The van der Waals surface area contributed by atoms with Crippen molar-refractivity contribution in [2.75, 3.05) is 0 Å². The van der Waals surface area contributed by atoms with E-state index in [1.54, 1.807) is 18.2 Å². The molecule has 0 aliphatic carbocycles. The van der Waals surface area contributed by atoms with Gasteiger partial charge in [0.25, 0.3) is 0 Å². The van der Waals surface area contributed by atoms with Gasteiger partial charge in [0.05, 0.1) is 0 Å². The molecule has 0 amide bonds. The van der Waals surface area contributed by atoms with Crippen molar-refractivity contribution in [3.05, 3.63) is 54.6 Å². The molecule has 24 heavy (non-hydrogen) atoms. The Morgan fingerprint density at radius 1 is 0.875 bits per heavy atom. The third kappa shape index (κ3) is 5.08. The van der Waals surface area contributed by atoms with Crippen LogP contribution in [-0.4, -0.2) is 17.9 Å². The lowest BCUT2D eigenvalue weighted by atomic mass is 10.00. The number of carbonyl (C=O) groups is 3. The molecule has 1 rings (SSSR count). The monoisotopic (exact) mass is 332 g/mol. The molecule has 0 aliphatic rings. The lowest BCUT2D eigenvalue weighted by Crippen LogP contribution is -2.14. The minimum absolute atomic E-state index is 0.141. The van der Waals surface area contributed by atoms with Crippen LogP contribution < -0.4 is 4.74 Å².